The van der Waals surface area contributed by atoms with Gasteiger partial charge in [-0.25, -0.2) is 8.42 Å². The van der Waals surface area contributed by atoms with E-state index in [1.807, 2.05) is 6.92 Å². The van der Waals surface area contributed by atoms with Crippen molar-refractivity contribution in [3.05, 3.63) is 24.2 Å². The van der Waals surface area contributed by atoms with Gasteiger partial charge in [0.1, 0.15) is 5.76 Å². The van der Waals surface area contributed by atoms with Crippen LogP contribution in [0, 0.1) is 5.92 Å². The van der Waals surface area contributed by atoms with Crippen LogP contribution in [0.5, 0.6) is 0 Å². The highest BCUT2D eigenvalue weighted by molar-refractivity contribution is 7.91. The first-order valence-electron chi connectivity index (χ1n) is 7.69. The molecule has 1 aromatic rings. The lowest BCUT2D eigenvalue weighted by atomic mass is 10.1. The molecule has 8 heteroatoms. The Morgan fingerprint density at radius 3 is 2.87 bits per heavy atom. The molecular formula is C15H20N2O5S. The lowest BCUT2D eigenvalue weighted by Gasteiger charge is -2.23. The Balaban J connectivity index is 1.60. The zero-order chi connectivity index (χ0) is 16.6. The lowest BCUT2D eigenvalue weighted by molar-refractivity contribution is -0.130. The van der Waals surface area contributed by atoms with E-state index in [4.69, 9.17) is 4.42 Å². The van der Waals surface area contributed by atoms with Crippen molar-refractivity contribution in [3.8, 4) is 0 Å². The molecule has 2 fully saturated rings. The molecule has 0 spiro atoms. The average molecular weight is 340 g/mol. The van der Waals surface area contributed by atoms with Gasteiger partial charge in [-0.15, -0.1) is 0 Å². The Bertz CT molecular complexity index is 697. The molecule has 2 saturated heterocycles. The van der Waals surface area contributed by atoms with E-state index >= 15 is 0 Å². The molecule has 0 bridgehead atoms. The van der Waals surface area contributed by atoms with Gasteiger partial charge < -0.3 is 14.6 Å². The van der Waals surface area contributed by atoms with Crippen molar-refractivity contribution in [2.75, 3.05) is 18.1 Å². The highest BCUT2D eigenvalue weighted by Gasteiger charge is 2.42. The summed E-state index contributed by atoms with van der Waals surface area (Å²) in [5, 5.41) is 2.84. The number of likely N-dealkylation sites (tertiary alicyclic amines) is 1. The normalized spacial score (nSPS) is 28.0. The summed E-state index contributed by atoms with van der Waals surface area (Å²) in [6.07, 6.45) is 2.14. The summed E-state index contributed by atoms with van der Waals surface area (Å²) < 4.78 is 28.4. The standard InChI is InChI=1S/C15H20N2O5S/c1-10(13-3-2-5-22-13)16-15(19)11-7-14(18)17(8-11)12-4-6-23(20,21)9-12/h2-3,5,10-12H,4,6-9H2,1H3,(H,16,19)/t10-,11-,12-/m0/s1. The number of rotatable bonds is 4. The van der Waals surface area contributed by atoms with Gasteiger partial charge in [-0.05, 0) is 25.5 Å². The van der Waals surface area contributed by atoms with Crippen molar-refractivity contribution in [1.29, 1.82) is 0 Å². The van der Waals surface area contributed by atoms with Gasteiger partial charge in [0, 0.05) is 19.0 Å². The van der Waals surface area contributed by atoms with E-state index in [9.17, 15) is 18.0 Å². The van der Waals surface area contributed by atoms with E-state index in [1.54, 1.807) is 23.3 Å². The summed E-state index contributed by atoms with van der Waals surface area (Å²) in [7, 11) is -3.05. The molecule has 2 aliphatic rings. The van der Waals surface area contributed by atoms with Gasteiger partial charge in [0.2, 0.25) is 11.8 Å². The highest BCUT2D eigenvalue weighted by Crippen LogP contribution is 2.26. The SMILES string of the molecule is C[C@H](NC(=O)[C@H]1CC(=O)N([C@H]2CCS(=O)(=O)C2)C1)c1ccco1. The fourth-order valence-corrected chi connectivity index (χ4v) is 4.95. The smallest absolute Gasteiger partial charge is 0.226 e. The second-order valence-corrected chi connectivity index (χ2v) is 8.48. The first-order chi connectivity index (χ1) is 10.9. The van der Waals surface area contributed by atoms with E-state index in [2.05, 4.69) is 5.32 Å². The quantitative estimate of drug-likeness (QED) is 0.860. The number of sulfone groups is 1. The van der Waals surface area contributed by atoms with Crippen LogP contribution < -0.4 is 5.32 Å². The third-order valence-electron chi connectivity index (χ3n) is 4.51. The van der Waals surface area contributed by atoms with Crippen molar-refractivity contribution < 1.29 is 22.4 Å². The highest BCUT2D eigenvalue weighted by atomic mass is 32.2. The van der Waals surface area contributed by atoms with Crippen LogP contribution in [0.1, 0.15) is 31.6 Å². The van der Waals surface area contributed by atoms with Gasteiger partial charge in [0.15, 0.2) is 9.84 Å². The lowest BCUT2D eigenvalue weighted by Crippen LogP contribution is -2.39. The van der Waals surface area contributed by atoms with Crippen LogP contribution in [0.3, 0.4) is 0 Å². The van der Waals surface area contributed by atoms with E-state index in [0.717, 1.165) is 0 Å². The maximum Gasteiger partial charge on any atom is 0.226 e. The predicted octanol–water partition coefficient (Wildman–Crippen LogP) is 0.492. The van der Waals surface area contributed by atoms with E-state index < -0.39 is 15.8 Å². The molecule has 3 atom stereocenters. The largest absolute Gasteiger partial charge is 0.467 e. The van der Waals surface area contributed by atoms with Crippen molar-refractivity contribution >= 4 is 21.7 Å². The molecule has 2 amide bonds. The van der Waals surface area contributed by atoms with E-state index in [0.29, 0.717) is 12.2 Å². The number of furan rings is 1. The first kappa shape index (κ1) is 16.0. The third-order valence-corrected chi connectivity index (χ3v) is 6.26. The summed E-state index contributed by atoms with van der Waals surface area (Å²) in [5.41, 5.74) is 0. The molecule has 0 saturated carbocycles. The summed E-state index contributed by atoms with van der Waals surface area (Å²) in [5.74, 6) is -0.00267. The Morgan fingerprint density at radius 1 is 1.48 bits per heavy atom. The summed E-state index contributed by atoms with van der Waals surface area (Å²) in [4.78, 5) is 26.0. The minimum absolute atomic E-state index is 0.00980. The molecule has 126 valence electrons. The molecule has 23 heavy (non-hydrogen) atoms. The number of carbonyl (C=O) groups is 2. The van der Waals surface area contributed by atoms with Crippen LogP contribution in [0.15, 0.2) is 22.8 Å². The molecular weight excluding hydrogens is 320 g/mol. The molecule has 2 aliphatic heterocycles. The molecule has 0 aliphatic carbocycles. The number of hydrogen-bond donors (Lipinski definition) is 1. The Labute approximate surface area is 134 Å². The monoisotopic (exact) mass is 340 g/mol. The van der Waals surface area contributed by atoms with Crippen LogP contribution >= 0.6 is 0 Å². The minimum atomic E-state index is -3.05. The number of nitrogens with zero attached hydrogens (tertiary/aromatic N) is 1. The third kappa shape index (κ3) is 3.41. The average Bonchev–Trinajstić information content (AvgIpc) is 3.18. The molecule has 3 heterocycles. The Morgan fingerprint density at radius 2 is 2.26 bits per heavy atom. The number of carbonyl (C=O) groups excluding carboxylic acids is 2. The van der Waals surface area contributed by atoms with Crippen LogP contribution in [-0.4, -0.2) is 49.2 Å². The van der Waals surface area contributed by atoms with E-state index in [-0.39, 0.29) is 48.4 Å². The fourth-order valence-electron chi connectivity index (χ4n) is 3.22. The molecule has 1 aromatic heterocycles. The van der Waals surface area contributed by atoms with Crippen molar-refractivity contribution in [2.45, 2.75) is 31.8 Å². The first-order valence-corrected chi connectivity index (χ1v) is 9.51. The van der Waals surface area contributed by atoms with Crippen molar-refractivity contribution in [2.24, 2.45) is 5.92 Å². The Kier molecular flexibility index (Phi) is 4.18. The van der Waals surface area contributed by atoms with E-state index in [1.165, 1.54) is 0 Å². The molecule has 0 radical (unpaired) electrons. The van der Waals surface area contributed by atoms with Gasteiger partial charge in [-0.2, -0.15) is 0 Å². The summed E-state index contributed by atoms with van der Waals surface area (Å²) in [6, 6.07) is 2.97. The van der Waals surface area contributed by atoms with Gasteiger partial charge in [-0.1, -0.05) is 0 Å². The zero-order valence-corrected chi connectivity index (χ0v) is 13.7. The molecule has 1 N–H and O–H groups in total. The maximum absolute atomic E-state index is 12.3. The predicted molar refractivity (Wildman–Crippen MR) is 82.1 cm³/mol. The fraction of sp³-hybridized carbons (Fsp3) is 0.600. The Hall–Kier alpha value is -1.83. The summed E-state index contributed by atoms with van der Waals surface area (Å²) in [6.45, 7) is 2.10. The molecule has 0 aromatic carbocycles. The number of amides is 2. The van der Waals surface area contributed by atoms with Crippen LogP contribution in [0.2, 0.25) is 0 Å². The van der Waals surface area contributed by atoms with Gasteiger partial charge in [-0.3, -0.25) is 9.59 Å². The molecule has 3 rings (SSSR count). The second kappa shape index (κ2) is 5.99. The van der Waals surface area contributed by atoms with Crippen LogP contribution in [-0.2, 0) is 19.4 Å². The van der Waals surface area contributed by atoms with Crippen molar-refractivity contribution in [3.63, 3.8) is 0 Å². The van der Waals surface area contributed by atoms with Crippen LogP contribution in [0.25, 0.3) is 0 Å². The minimum Gasteiger partial charge on any atom is -0.467 e. The van der Waals surface area contributed by atoms with Gasteiger partial charge in [0.05, 0.1) is 29.7 Å². The van der Waals surface area contributed by atoms with Crippen LogP contribution in [0.4, 0.5) is 0 Å². The maximum atomic E-state index is 12.3. The van der Waals surface area contributed by atoms with Gasteiger partial charge >= 0.3 is 0 Å². The number of nitrogens with one attached hydrogen (secondary N) is 1. The van der Waals surface area contributed by atoms with Crippen molar-refractivity contribution in [1.82, 2.24) is 10.2 Å². The topological polar surface area (TPSA) is 96.7 Å². The summed E-state index contributed by atoms with van der Waals surface area (Å²) >= 11 is 0. The second-order valence-electron chi connectivity index (χ2n) is 6.25. The molecule has 7 nitrogen and oxygen atoms in total. The number of hydrogen-bond acceptors (Lipinski definition) is 5. The zero-order valence-electron chi connectivity index (χ0n) is 12.9. The molecule has 0 unspecified atom stereocenters. The van der Waals surface area contributed by atoms with Gasteiger partial charge in [0.25, 0.3) is 0 Å².